The highest BCUT2D eigenvalue weighted by atomic mass is 16.3. The van der Waals surface area contributed by atoms with Crippen LogP contribution in [0.2, 0.25) is 0 Å². The average molecular weight is 382 g/mol. The summed E-state index contributed by atoms with van der Waals surface area (Å²) in [6, 6.07) is 6.75. The lowest BCUT2D eigenvalue weighted by Gasteiger charge is -2.59. The van der Waals surface area contributed by atoms with Crippen LogP contribution in [0.1, 0.15) is 46.1 Å². The van der Waals surface area contributed by atoms with Crippen molar-refractivity contribution in [2.24, 2.45) is 0 Å². The van der Waals surface area contributed by atoms with E-state index in [4.69, 9.17) is 0 Å². The van der Waals surface area contributed by atoms with Gasteiger partial charge in [-0.1, -0.05) is 6.07 Å². The van der Waals surface area contributed by atoms with Crippen molar-refractivity contribution in [1.82, 2.24) is 9.88 Å². The summed E-state index contributed by atoms with van der Waals surface area (Å²) < 4.78 is 0. The molecule has 1 aromatic heterocycles. The van der Waals surface area contributed by atoms with Gasteiger partial charge in [0.1, 0.15) is 5.75 Å². The number of carbonyl (C=O) groups is 1. The number of likely N-dealkylation sites (N-methyl/N-ethyl adjacent to an activating group) is 1. The van der Waals surface area contributed by atoms with Gasteiger partial charge in [-0.15, -0.1) is 0 Å². The lowest BCUT2D eigenvalue weighted by Crippen LogP contribution is -2.70. The molecule has 1 saturated heterocycles. The number of aromatic amines is 1. The van der Waals surface area contributed by atoms with Crippen LogP contribution in [0.4, 0.5) is 0 Å². The Morgan fingerprint density at radius 3 is 2.75 bits per heavy atom. The topological polar surface area (TPSA) is 93.6 Å². The molecule has 3 N–H and O–H groups in total. The number of nitrogens with zero attached hydrogens (tertiary/aromatic N) is 1. The molecule has 6 heteroatoms. The third-order valence-electron chi connectivity index (χ3n) is 7.12. The van der Waals surface area contributed by atoms with E-state index in [0.29, 0.717) is 25.5 Å². The van der Waals surface area contributed by atoms with Gasteiger partial charge in [-0.2, -0.15) is 0 Å². The fourth-order valence-corrected chi connectivity index (χ4v) is 5.31. The van der Waals surface area contributed by atoms with Gasteiger partial charge < -0.3 is 20.1 Å². The Bertz CT molecular complexity index is 1010. The van der Waals surface area contributed by atoms with Gasteiger partial charge in [0, 0.05) is 30.0 Å². The molecule has 0 amide bonds. The summed E-state index contributed by atoms with van der Waals surface area (Å²) in [6.07, 6.45) is 2.04. The van der Waals surface area contributed by atoms with E-state index in [9.17, 15) is 19.8 Å². The molecule has 2 aliphatic rings. The SMILES string of the molecule is Cc1ccc(O)cc1C12CCN(C)C(C)C1(O)Cc1cc(C=O)c(=O)[nH]c1C2. The van der Waals surface area contributed by atoms with E-state index in [1.807, 2.05) is 27.0 Å². The molecule has 4 rings (SSSR count). The fourth-order valence-electron chi connectivity index (χ4n) is 5.31. The lowest BCUT2D eigenvalue weighted by molar-refractivity contribution is -0.132. The van der Waals surface area contributed by atoms with Crippen molar-refractivity contribution in [1.29, 1.82) is 0 Å². The van der Waals surface area contributed by atoms with Crippen molar-refractivity contribution in [2.45, 2.75) is 50.2 Å². The Hall–Kier alpha value is -2.44. The second kappa shape index (κ2) is 6.29. The molecule has 148 valence electrons. The van der Waals surface area contributed by atoms with Crippen molar-refractivity contribution in [3.8, 4) is 5.75 Å². The molecule has 28 heavy (non-hydrogen) atoms. The standard InChI is InChI=1S/C22H26N2O4/c1-13-4-5-17(26)9-18(13)21-6-7-24(3)14(2)22(21,28)10-15-8-16(12-25)20(27)23-19(15)11-21/h4-5,8-9,12,14,26,28H,6-7,10-11H2,1-3H3,(H,23,27). The van der Waals surface area contributed by atoms with Gasteiger partial charge in [-0.25, -0.2) is 0 Å². The van der Waals surface area contributed by atoms with Crippen LogP contribution in [0.15, 0.2) is 29.1 Å². The van der Waals surface area contributed by atoms with Gasteiger partial charge >= 0.3 is 0 Å². The zero-order chi connectivity index (χ0) is 20.3. The summed E-state index contributed by atoms with van der Waals surface area (Å²) in [6.45, 7) is 4.80. The lowest BCUT2D eigenvalue weighted by atomic mass is 9.53. The molecular weight excluding hydrogens is 356 g/mol. The minimum Gasteiger partial charge on any atom is -0.508 e. The number of H-pyrrole nitrogens is 1. The number of nitrogens with one attached hydrogen (secondary N) is 1. The summed E-state index contributed by atoms with van der Waals surface area (Å²) in [4.78, 5) is 28.5. The quantitative estimate of drug-likeness (QED) is 0.688. The number of rotatable bonds is 2. The number of aromatic hydroxyl groups is 1. The fraction of sp³-hybridized carbons (Fsp3) is 0.455. The maximum absolute atomic E-state index is 12.2. The number of aryl methyl sites for hydroxylation is 1. The van der Waals surface area contributed by atoms with E-state index < -0.39 is 16.6 Å². The summed E-state index contributed by atoms with van der Waals surface area (Å²) in [5, 5.41) is 22.3. The number of aromatic nitrogens is 1. The van der Waals surface area contributed by atoms with Gasteiger partial charge in [0.2, 0.25) is 0 Å². The molecule has 2 aromatic rings. The van der Waals surface area contributed by atoms with E-state index in [1.165, 1.54) is 0 Å². The third-order valence-corrected chi connectivity index (χ3v) is 7.12. The first kappa shape index (κ1) is 18.9. The number of phenolic OH excluding ortho intramolecular Hbond substituents is 1. The van der Waals surface area contributed by atoms with Crippen molar-refractivity contribution in [3.05, 3.63) is 62.6 Å². The molecule has 0 radical (unpaired) electrons. The summed E-state index contributed by atoms with van der Waals surface area (Å²) in [5.74, 6) is 0.166. The van der Waals surface area contributed by atoms with Crippen LogP contribution >= 0.6 is 0 Å². The Kier molecular flexibility index (Phi) is 4.25. The number of likely N-dealkylation sites (tertiary alicyclic amines) is 1. The number of fused-ring (bicyclic) bond motifs is 2. The van der Waals surface area contributed by atoms with Crippen LogP contribution < -0.4 is 5.56 Å². The first-order chi connectivity index (χ1) is 13.2. The van der Waals surface area contributed by atoms with E-state index in [2.05, 4.69) is 9.88 Å². The first-order valence-electron chi connectivity index (χ1n) is 9.65. The average Bonchev–Trinajstić information content (AvgIpc) is 2.66. The van der Waals surface area contributed by atoms with E-state index in [0.717, 1.165) is 28.9 Å². The van der Waals surface area contributed by atoms with Crippen LogP contribution in [0, 0.1) is 6.92 Å². The molecule has 0 spiro atoms. The summed E-state index contributed by atoms with van der Waals surface area (Å²) in [7, 11) is 2.00. The van der Waals surface area contributed by atoms with E-state index >= 15 is 0 Å². The number of pyridine rings is 1. The maximum atomic E-state index is 12.2. The monoisotopic (exact) mass is 382 g/mol. The molecule has 1 aliphatic heterocycles. The zero-order valence-corrected chi connectivity index (χ0v) is 16.5. The van der Waals surface area contributed by atoms with Crippen molar-refractivity contribution in [2.75, 3.05) is 13.6 Å². The van der Waals surface area contributed by atoms with Crippen LogP contribution in [-0.2, 0) is 18.3 Å². The van der Waals surface area contributed by atoms with Gasteiger partial charge in [-0.3, -0.25) is 9.59 Å². The van der Waals surface area contributed by atoms with Crippen LogP contribution in [0.3, 0.4) is 0 Å². The van der Waals surface area contributed by atoms with Gasteiger partial charge in [-0.05, 0) is 68.8 Å². The van der Waals surface area contributed by atoms with E-state index in [1.54, 1.807) is 18.2 Å². The predicted octanol–water partition coefficient (Wildman–Crippen LogP) is 1.69. The summed E-state index contributed by atoms with van der Waals surface area (Å²) in [5.41, 5.74) is 1.43. The Balaban J connectivity index is 1.99. The number of hydrogen-bond acceptors (Lipinski definition) is 5. The van der Waals surface area contributed by atoms with Crippen LogP contribution in [0.25, 0.3) is 0 Å². The molecule has 1 fully saturated rings. The minimum absolute atomic E-state index is 0.0835. The summed E-state index contributed by atoms with van der Waals surface area (Å²) >= 11 is 0. The largest absolute Gasteiger partial charge is 0.508 e. The minimum atomic E-state index is -1.11. The number of carbonyl (C=O) groups excluding carboxylic acids is 1. The number of benzene rings is 1. The van der Waals surface area contributed by atoms with Gasteiger partial charge in [0.15, 0.2) is 6.29 Å². The van der Waals surface area contributed by atoms with Gasteiger partial charge in [0.25, 0.3) is 5.56 Å². The van der Waals surface area contributed by atoms with E-state index in [-0.39, 0.29) is 17.4 Å². The molecule has 1 aliphatic carbocycles. The number of phenols is 1. The highest BCUT2D eigenvalue weighted by Gasteiger charge is 2.60. The molecule has 2 heterocycles. The molecular formula is C22H26N2O4. The molecule has 0 bridgehead atoms. The number of aldehydes is 1. The van der Waals surface area contributed by atoms with Crippen molar-refractivity contribution < 1.29 is 15.0 Å². The highest BCUT2D eigenvalue weighted by Crippen LogP contribution is 2.53. The predicted molar refractivity (Wildman–Crippen MR) is 106 cm³/mol. The molecule has 3 unspecified atom stereocenters. The Morgan fingerprint density at radius 1 is 1.29 bits per heavy atom. The highest BCUT2D eigenvalue weighted by molar-refractivity contribution is 5.74. The second-order valence-corrected chi connectivity index (χ2v) is 8.44. The van der Waals surface area contributed by atoms with Gasteiger partial charge in [0.05, 0.1) is 11.2 Å². The maximum Gasteiger partial charge on any atom is 0.258 e. The Labute approximate surface area is 163 Å². The smallest absolute Gasteiger partial charge is 0.258 e. The number of aliphatic hydroxyl groups is 1. The van der Waals surface area contributed by atoms with Crippen molar-refractivity contribution in [3.63, 3.8) is 0 Å². The number of hydrogen-bond donors (Lipinski definition) is 3. The second-order valence-electron chi connectivity index (χ2n) is 8.44. The normalized spacial score (nSPS) is 29.8. The van der Waals surface area contributed by atoms with Crippen LogP contribution in [-0.4, -0.2) is 51.6 Å². The zero-order valence-electron chi connectivity index (χ0n) is 16.5. The molecule has 6 nitrogen and oxygen atoms in total. The van der Waals surface area contributed by atoms with Crippen molar-refractivity contribution >= 4 is 6.29 Å². The Morgan fingerprint density at radius 2 is 2.04 bits per heavy atom. The molecule has 3 atom stereocenters. The van der Waals surface area contributed by atoms with Crippen LogP contribution in [0.5, 0.6) is 5.75 Å². The third kappa shape index (κ3) is 2.48. The number of piperidine rings is 1. The molecule has 1 aromatic carbocycles. The first-order valence-corrected chi connectivity index (χ1v) is 9.65. The molecule has 0 saturated carbocycles.